The summed E-state index contributed by atoms with van der Waals surface area (Å²) >= 11 is 0. The highest BCUT2D eigenvalue weighted by Crippen LogP contribution is 2.29. The van der Waals surface area contributed by atoms with Gasteiger partial charge in [-0.05, 0) is 48.5 Å². The Hall–Kier alpha value is -4.00. The number of carbonyl (C=O) groups is 1. The maximum atomic E-state index is 12.0. The van der Waals surface area contributed by atoms with Crippen molar-refractivity contribution in [3.8, 4) is 23.0 Å². The SMILES string of the molecule is COc1cccc(/C=N\OCC(=O)Nc2ccc(Oc3ccccc3)cc2)c1OC. The minimum atomic E-state index is -0.332. The third-order valence-corrected chi connectivity index (χ3v) is 4.01. The highest BCUT2D eigenvalue weighted by Gasteiger charge is 2.08. The van der Waals surface area contributed by atoms with Gasteiger partial charge in [-0.1, -0.05) is 29.4 Å². The highest BCUT2D eigenvalue weighted by atomic mass is 16.6. The van der Waals surface area contributed by atoms with Gasteiger partial charge in [0, 0.05) is 11.3 Å². The molecule has 0 unspecified atom stereocenters. The summed E-state index contributed by atoms with van der Waals surface area (Å²) in [4.78, 5) is 17.1. The Morgan fingerprint density at radius 3 is 2.33 bits per heavy atom. The Labute approximate surface area is 174 Å². The van der Waals surface area contributed by atoms with Crippen LogP contribution in [0.5, 0.6) is 23.0 Å². The van der Waals surface area contributed by atoms with Crippen molar-refractivity contribution in [3.63, 3.8) is 0 Å². The number of hydrogen-bond donors (Lipinski definition) is 1. The second kappa shape index (κ2) is 10.5. The van der Waals surface area contributed by atoms with E-state index in [9.17, 15) is 4.79 Å². The normalized spacial score (nSPS) is 10.5. The van der Waals surface area contributed by atoms with Crippen LogP contribution >= 0.6 is 0 Å². The Morgan fingerprint density at radius 1 is 0.900 bits per heavy atom. The maximum Gasteiger partial charge on any atom is 0.265 e. The minimum Gasteiger partial charge on any atom is -0.493 e. The van der Waals surface area contributed by atoms with Gasteiger partial charge in [0.15, 0.2) is 18.1 Å². The maximum absolute atomic E-state index is 12.0. The molecular formula is C23H22N2O5. The zero-order valence-corrected chi connectivity index (χ0v) is 16.7. The molecule has 0 heterocycles. The summed E-state index contributed by atoms with van der Waals surface area (Å²) in [6.07, 6.45) is 1.46. The molecule has 0 aromatic heterocycles. The number of nitrogens with zero attached hydrogens (tertiary/aromatic N) is 1. The quantitative estimate of drug-likeness (QED) is 0.419. The van der Waals surface area contributed by atoms with E-state index in [2.05, 4.69) is 10.5 Å². The molecule has 1 N–H and O–H groups in total. The van der Waals surface area contributed by atoms with Gasteiger partial charge in [0.1, 0.15) is 11.5 Å². The van der Waals surface area contributed by atoms with Crippen molar-refractivity contribution in [1.82, 2.24) is 0 Å². The number of rotatable bonds is 9. The predicted octanol–water partition coefficient (Wildman–Crippen LogP) is 4.49. The third-order valence-electron chi connectivity index (χ3n) is 4.01. The Kier molecular flexibility index (Phi) is 7.27. The zero-order chi connectivity index (χ0) is 21.2. The molecule has 0 aliphatic carbocycles. The van der Waals surface area contributed by atoms with E-state index in [0.29, 0.717) is 28.5 Å². The largest absolute Gasteiger partial charge is 0.493 e. The summed E-state index contributed by atoms with van der Waals surface area (Å²) in [6.45, 7) is -0.231. The highest BCUT2D eigenvalue weighted by molar-refractivity contribution is 5.91. The van der Waals surface area contributed by atoms with Crippen LogP contribution in [0.15, 0.2) is 78.0 Å². The van der Waals surface area contributed by atoms with Crippen molar-refractivity contribution in [3.05, 3.63) is 78.4 Å². The molecule has 154 valence electrons. The van der Waals surface area contributed by atoms with E-state index in [0.717, 1.165) is 5.75 Å². The summed E-state index contributed by atoms with van der Waals surface area (Å²) in [5.74, 6) is 2.20. The molecule has 7 heteroatoms. The second-order valence-electron chi connectivity index (χ2n) is 6.08. The first-order valence-corrected chi connectivity index (χ1v) is 9.18. The molecule has 3 aromatic carbocycles. The fourth-order valence-electron chi connectivity index (χ4n) is 2.63. The number of methoxy groups -OCH3 is 2. The first-order chi connectivity index (χ1) is 14.7. The number of ether oxygens (including phenoxy) is 3. The Morgan fingerprint density at radius 2 is 1.63 bits per heavy atom. The van der Waals surface area contributed by atoms with Crippen LogP contribution in [0.1, 0.15) is 5.56 Å². The van der Waals surface area contributed by atoms with Gasteiger partial charge in [-0.3, -0.25) is 4.79 Å². The lowest BCUT2D eigenvalue weighted by Gasteiger charge is -2.09. The summed E-state index contributed by atoms with van der Waals surface area (Å²) in [6, 6.07) is 21.9. The van der Waals surface area contributed by atoms with Crippen molar-refractivity contribution in [1.29, 1.82) is 0 Å². The van der Waals surface area contributed by atoms with E-state index >= 15 is 0 Å². The molecule has 7 nitrogen and oxygen atoms in total. The van der Waals surface area contributed by atoms with Crippen molar-refractivity contribution in [2.45, 2.75) is 0 Å². The molecule has 0 fully saturated rings. The van der Waals surface area contributed by atoms with Gasteiger partial charge in [0.05, 0.1) is 20.4 Å². The minimum absolute atomic E-state index is 0.231. The van der Waals surface area contributed by atoms with Crippen LogP contribution in [-0.2, 0) is 9.63 Å². The average Bonchev–Trinajstić information content (AvgIpc) is 2.78. The van der Waals surface area contributed by atoms with Gasteiger partial charge in [-0.25, -0.2) is 0 Å². The molecular weight excluding hydrogens is 384 g/mol. The number of anilines is 1. The molecule has 0 saturated carbocycles. The zero-order valence-electron chi connectivity index (χ0n) is 16.7. The van der Waals surface area contributed by atoms with E-state index in [1.807, 2.05) is 30.3 Å². The lowest BCUT2D eigenvalue weighted by atomic mass is 10.2. The van der Waals surface area contributed by atoms with E-state index in [-0.39, 0.29) is 12.5 Å². The Bertz CT molecular complexity index is 988. The molecule has 0 radical (unpaired) electrons. The molecule has 0 saturated heterocycles. The van der Waals surface area contributed by atoms with Crippen LogP contribution < -0.4 is 19.5 Å². The summed E-state index contributed by atoms with van der Waals surface area (Å²) in [5, 5.41) is 6.56. The number of benzene rings is 3. The summed E-state index contributed by atoms with van der Waals surface area (Å²) in [7, 11) is 3.10. The van der Waals surface area contributed by atoms with E-state index in [1.165, 1.54) is 6.21 Å². The average molecular weight is 406 g/mol. The predicted molar refractivity (Wildman–Crippen MR) is 115 cm³/mol. The number of nitrogens with one attached hydrogen (secondary N) is 1. The van der Waals surface area contributed by atoms with Gasteiger partial charge in [-0.15, -0.1) is 0 Å². The molecule has 0 atom stereocenters. The Balaban J connectivity index is 1.48. The van der Waals surface area contributed by atoms with Crippen LogP contribution in [0.2, 0.25) is 0 Å². The van der Waals surface area contributed by atoms with Crippen LogP contribution in [0, 0.1) is 0 Å². The summed E-state index contributed by atoms with van der Waals surface area (Å²) in [5.41, 5.74) is 1.30. The molecule has 1 amide bonds. The third kappa shape index (κ3) is 5.75. The standard InChI is InChI=1S/C23H22N2O5/c1-27-21-10-6-7-17(23(21)28-2)15-24-29-16-22(26)25-18-11-13-20(14-12-18)30-19-8-4-3-5-9-19/h3-15H,16H2,1-2H3,(H,25,26)/b24-15-. The molecule has 3 rings (SSSR count). The van der Waals surface area contributed by atoms with E-state index in [1.54, 1.807) is 56.7 Å². The molecule has 0 aliphatic rings. The van der Waals surface area contributed by atoms with Gasteiger partial charge in [-0.2, -0.15) is 0 Å². The van der Waals surface area contributed by atoms with Crippen molar-refractivity contribution in [2.75, 3.05) is 26.1 Å². The van der Waals surface area contributed by atoms with Crippen LogP contribution in [0.25, 0.3) is 0 Å². The van der Waals surface area contributed by atoms with Crippen molar-refractivity contribution >= 4 is 17.8 Å². The number of carbonyl (C=O) groups excluding carboxylic acids is 1. The molecule has 30 heavy (non-hydrogen) atoms. The first-order valence-electron chi connectivity index (χ1n) is 9.18. The lowest BCUT2D eigenvalue weighted by molar-refractivity contribution is -0.120. The number of para-hydroxylation sites is 2. The monoisotopic (exact) mass is 406 g/mol. The smallest absolute Gasteiger partial charge is 0.265 e. The lowest BCUT2D eigenvalue weighted by Crippen LogP contribution is -2.16. The fourth-order valence-corrected chi connectivity index (χ4v) is 2.63. The molecule has 0 aliphatic heterocycles. The van der Waals surface area contributed by atoms with E-state index in [4.69, 9.17) is 19.0 Å². The fraction of sp³-hybridized carbons (Fsp3) is 0.130. The number of oxime groups is 1. The van der Waals surface area contributed by atoms with Gasteiger partial charge in [0.2, 0.25) is 0 Å². The summed E-state index contributed by atoms with van der Waals surface area (Å²) < 4.78 is 16.3. The number of amides is 1. The topological polar surface area (TPSA) is 78.4 Å². The van der Waals surface area contributed by atoms with Gasteiger partial charge < -0.3 is 24.4 Å². The van der Waals surface area contributed by atoms with Crippen LogP contribution in [0.3, 0.4) is 0 Å². The van der Waals surface area contributed by atoms with Gasteiger partial charge in [0.25, 0.3) is 5.91 Å². The number of hydrogen-bond acceptors (Lipinski definition) is 6. The van der Waals surface area contributed by atoms with Crippen molar-refractivity contribution in [2.24, 2.45) is 5.16 Å². The molecule has 0 spiro atoms. The van der Waals surface area contributed by atoms with Crippen LogP contribution in [0.4, 0.5) is 5.69 Å². The first kappa shape index (κ1) is 20.7. The second-order valence-corrected chi connectivity index (χ2v) is 6.08. The van der Waals surface area contributed by atoms with Crippen LogP contribution in [-0.4, -0.2) is 32.9 Å². The molecule has 3 aromatic rings. The van der Waals surface area contributed by atoms with E-state index < -0.39 is 0 Å². The van der Waals surface area contributed by atoms with Gasteiger partial charge >= 0.3 is 0 Å². The van der Waals surface area contributed by atoms with Crippen molar-refractivity contribution < 1.29 is 23.8 Å². The molecule has 0 bridgehead atoms.